The summed E-state index contributed by atoms with van der Waals surface area (Å²) in [7, 11) is -3.87. The summed E-state index contributed by atoms with van der Waals surface area (Å²) in [6, 6.07) is 2.91. The van der Waals surface area contributed by atoms with Gasteiger partial charge in [-0.1, -0.05) is 24.9 Å². The summed E-state index contributed by atoms with van der Waals surface area (Å²) in [5.41, 5.74) is 0. The first-order valence-corrected chi connectivity index (χ1v) is 8.39. The molecule has 0 aliphatic heterocycles. The fourth-order valence-electron chi connectivity index (χ4n) is 1.21. The minimum Gasteiger partial charge on any atom is -0.465 e. The molecule has 106 valence electrons. The maximum atomic E-state index is 12.0. The largest absolute Gasteiger partial charge is 0.465 e. The van der Waals surface area contributed by atoms with E-state index in [0.29, 0.717) is 6.42 Å². The SMILES string of the molecule is CCCCOC(=O)CS(=O)(=O)c1nc(Cl)ccc1Br. The minimum atomic E-state index is -3.87. The second-order valence-electron chi connectivity index (χ2n) is 3.75. The lowest BCUT2D eigenvalue weighted by Crippen LogP contribution is -2.20. The molecule has 19 heavy (non-hydrogen) atoms. The Balaban J connectivity index is 2.81. The van der Waals surface area contributed by atoms with Crippen molar-refractivity contribution in [1.82, 2.24) is 4.98 Å². The van der Waals surface area contributed by atoms with Crippen molar-refractivity contribution in [2.45, 2.75) is 24.8 Å². The summed E-state index contributed by atoms with van der Waals surface area (Å²) in [6.45, 7) is 2.16. The Morgan fingerprint density at radius 2 is 2.16 bits per heavy atom. The average molecular weight is 371 g/mol. The van der Waals surface area contributed by atoms with E-state index in [0.717, 1.165) is 6.42 Å². The van der Waals surface area contributed by atoms with Crippen molar-refractivity contribution in [2.75, 3.05) is 12.4 Å². The monoisotopic (exact) mass is 369 g/mol. The van der Waals surface area contributed by atoms with Gasteiger partial charge in [-0.15, -0.1) is 0 Å². The number of ether oxygens (including phenoxy) is 1. The number of esters is 1. The molecule has 5 nitrogen and oxygen atoms in total. The molecule has 1 heterocycles. The molecule has 8 heteroatoms. The first kappa shape index (κ1) is 16.4. The Kier molecular flexibility index (Phi) is 6.22. The molecule has 1 aromatic heterocycles. The topological polar surface area (TPSA) is 73.3 Å². The van der Waals surface area contributed by atoms with Crippen molar-refractivity contribution in [3.05, 3.63) is 21.8 Å². The Hall–Kier alpha value is -0.660. The summed E-state index contributed by atoms with van der Waals surface area (Å²) >= 11 is 8.72. The van der Waals surface area contributed by atoms with Crippen LogP contribution in [0.15, 0.2) is 21.6 Å². The molecular weight excluding hydrogens is 358 g/mol. The number of rotatable bonds is 6. The second-order valence-corrected chi connectivity index (χ2v) is 6.90. The number of hydrogen-bond donors (Lipinski definition) is 0. The molecule has 0 atom stereocenters. The van der Waals surface area contributed by atoms with Gasteiger partial charge < -0.3 is 4.74 Å². The number of carbonyl (C=O) groups is 1. The van der Waals surface area contributed by atoms with Gasteiger partial charge in [0.25, 0.3) is 0 Å². The molecule has 1 rings (SSSR count). The molecule has 0 aliphatic carbocycles. The minimum absolute atomic E-state index is 0.0427. The zero-order chi connectivity index (χ0) is 14.5. The number of sulfone groups is 1. The van der Waals surface area contributed by atoms with Gasteiger partial charge in [0.05, 0.1) is 11.1 Å². The van der Waals surface area contributed by atoms with Gasteiger partial charge in [0, 0.05) is 0 Å². The number of nitrogens with zero attached hydrogens (tertiary/aromatic N) is 1. The molecule has 0 amide bonds. The molecule has 0 spiro atoms. The van der Waals surface area contributed by atoms with Crippen LogP contribution >= 0.6 is 27.5 Å². The van der Waals surface area contributed by atoms with Crippen LogP contribution < -0.4 is 0 Å². The van der Waals surface area contributed by atoms with Crippen LogP contribution in [0.5, 0.6) is 0 Å². The first-order chi connectivity index (χ1) is 8.86. The quantitative estimate of drug-likeness (QED) is 0.437. The van der Waals surface area contributed by atoms with Crippen molar-refractivity contribution in [3.8, 4) is 0 Å². The van der Waals surface area contributed by atoms with Crippen LogP contribution in [0, 0.1) is 0 Å². The Bertz CT molecular complexity index is 562. The van der Waals surface area contributed by atoms with Crippen molar-refractivity contribution in [1.29, 1.82) is 0 Å². The summed E-state index contributed by atoms with van der Waals surface area (Å²) in [4.78, 5) is 15.1. The summed E-state index contributed by atoms with van der Waals surface area (Å²) in [5, 5.41) is -0.214. The number of aromatic nitrogens is 1. The third-order valence-electron chi connectivity index (χ3n) is 2.14. The highest BCUT2D eigenvalue weighted by atomic mass is 79.9. The van der Waals surface area contributed by atoms with Crippen LogP contribution in [0.25, 0.3) is 0 Å². The fourth-order valence-corrected chi connectivity index (χ4v) is 3.51. The predicted molar refractivity (Wildman–Crippen MR) is 74.9 cm³/mol. The van der Waals surface area contributed by atoms with Gasteiger partial charge >= 0.3 is 5.97 Å². The van der Waals surface area contributed by atoms with Crippen LogP contribution in [0.3, 0.4) is 0 Å². The Morgan fingerprint density at radius 3 is 2.79 bits per heavy atom. The lowest BCUT2D eigenvalue weighted by atomic mass is 10.4. The molecule has 0 saturated carbocycles. The molecule has 0 aromatic carbocycles. The van der Waals surface area contributed by atoms with Gasteiger partial charge in [-0.05, 0) is 34.5 Å². The van der Waals surface area contributed by atoms with Crippen molar-refractivity contribution < 1.29 is 17.9 Å². The van der Waals surface area contributed by atoms with Crippen LogP contribution in [-0.2, 0) is 19.4 Å². The van der Waals surface area contributed by atoms with Gasteiger partial charge in [-0.3, -0.25) is 4.79 Å². The van der Waals surface area contributed by atoms with E-state index in [1.807, 2.05) is 6.92 Å². The van der Waals surface area contributed by atoms with E-state index in [9.17, 15) is 13.2 Å². The van der Waals surface area contributed by atoms with Gasteiger partial charge in [-0.25, -0.2) is 13.4 Å². The molecule has 0 bridgehead atoms. The van der Waals surface area contributed by atoms with E-state index < -0.39 is 21.6 Å². The molecule has 0 saturated heterocycles. The van der Waals surface area contributed by atoms with E-state index >= 15 is 0 Å². The van der Waals surface area contributed by atoms with Gasteiger partial charge in [0.2, 0.25) is 9.84 Å². The van der Waals surface area contributed by atoms with E-state index in [4.69, 9.17) is 16.3 Å². The van der Waals surface area contributed by atoms with Crippen LogP contribution in [-0.4, -0.2) is 31.7 Å². The number of unbranched alkanes of at least 4 members (excludes halogenated alkanes) is 1. The zero-order valence-electron chi connectivity index (χ0n) is 10.2. The highest BCUT2D eigenvalue weighted by Gasteiger charge is 2.24. The standard InChI is InChI=1S/C11H13BrClNO4S/c1-2-3-6-18-10(15)7-19(16,17)11-8(12)4-5-9(13)14-11/h4-5H,2-3,6-7H2,1H3. The Morgan fingerprint density at radius 1 is 1.47 bits per heavy atom. The second kappa shape index (κ2) is 7.21. The lowest BCUT2D eigenvalue weighted by Gasteiger charge is -2.06. The number of hydrogen-bond acceptors (Lipinski definition) is 5. The van der Waals surface area contributed by atoms with Gasteiger partial charge in [0.15, 0.2) is 10.8 Å². The smallest absolute Gasteiger partial charge is 0.321 e. The highest BCUT2D eigenvalue weighted by molar-refractivity contribution is 9.10. The van der Waals surface area contributed by atoms with Crippen molar-refractivity contribution in [2.24, 2.45) is 0 Å². The summed E-state index contributed by atoms with van der Waals surface area (Å²) in [5.74, 6) is -1.54. The van der Waals surface area contributed by atoms with E-state index in [1.54, 1.807) is 0 Å². The molecule has 0 aliphatic rings. The van der Waals surface area contributed by atoms with Crippen LogP contribution in [0.2, 0.25) is 5.15 Å². The Labute approximate surface area is 125 Å². The maximum absolute atomic E-state index is 12.0. The molecule has 0 unspecified atom stereocenters. The number of carbonyl (C=O) groups excluding carboxylic acids is 1. The summed E-state index contributed by atoms with van der Waals surface area (Å²) in [6.07, 6.45) is 1.56. The zero-order valence-corrected chi connectivity index (χ0v) is 13.4. The molecule has 0 N–H and O–H groups in total. The number of halogens is 2. The molecule has 0 radical (unpaired) electrons. The third kappa shape index (κ3) is 5.08. The number of pyridine rings is 1. The average Bonchev–Trinajstić information content (AvgIpc) is 2.32. The van der Waals surface area contributed by atoms with Gasteiger partial charge in [0.1, 0.15) is 5.15 Å². The molecule has 1 aromatic rings. The van der Waals surface area contributed by atoms with E-state index in [2.05, 4.69) is 20.9 Å². The lowest BCUT2D eigenvalue weighted by molar-refractivity contribution is -0.140. The fraction of sp³-hybridized carbons (Fsp3) is 0.455. The van der Waals surface area contributed by atoms with E-state index in [-0.39, 0.29) is 21.3 Å². The van der Waals surface area contributed by atoms with E-state index in [1.165, 1.54) is 12.1 Å². The molecular formula is C11H13BrClNO4S. The normalized spacial score (nSPS) is 11.3. The van der Waals surface area contributed by atoms with Gasteiger partial charge in [-0.2, -0.15) is 0 Å². The highest BCUT2D eigenvalue weighted by Crippen LogP contribution is 2.23. The van der Waals surface area contributed by atoms with Crippen LogP contribution in [0.4, 0.5) is 0 Å². The predicted octanol–water partition coefficient (Wildman–Crippen LogP) is 2.61. The maximum Gasteiger partial charge on any atom is 0.321 e. The summed E-state index contributed by atoms with van der Waals surface area (Å²) < 4.78 is 29.1. The first-order valence-electron chi connectivity index (χ1n) is 5.57. The third-order valence-corrected chi connectivity index (χ3v) is 4.77. The van der Waals surface area contributed by atoms with Crippen molar-refractivity contribution in [3.63, 3.8) is 0 Å². The molecule has 0 fully saturated rings. The van der Waals surface area contributed by atoms with Crippen molar-refractivity contribution >= 4 is 43.3 Å². The van der Waals surface area contributed by atoms with Crippen LogP contribution in [0.1, 0.15) is 19.8 Å².